The van der Waals surface area contributed by atoms with Crippen LogP contribution in [0.5, 0.6) is 0 Å². The van der Waals surface area contributed by atoms with E-state index in [9.17, 15) is 9.46 Å². The minimum Gasteiger partial charge on any atom is -0.398 e. The SMILES string of the molecule is Cc1ccc(-c2cc(N)c3c(c2-c2ccc(C)cc2)P3(=O)O)cc1. The van der Waals surface area contributed by atoms with E-state index in [1.165, 1.54) is 5.56 Å². The first-order valence-corrected chi connectivity index (χ1v) is 9.50. The molecule has 3 N–H and O–H groups in total. The van der Waals surface area contributed by atoms with Crippen LogP contribution in [-0.2, 0) is 4.57 Å². The first kappa shape index (κ1) is 15.2. The average molecular weight is 335 g/mol. The van der Waals surface area contributed by atoms with E-state index in [0.717, 1.165) is 27.8 Å². The second-order valence-electron chi connectivity index (χ2n) is 6.39. The topological polar surface area (TPSA) is 63.3 Å². The molecule has 1 unspecified atom stereocenters. The summed E-state index contributed by atoms with van der Waals surface area (Å²) in [6, 6.07) is 18.0. The van der Waals surface area contributed by atoms with Crippen LogP contribution >= 0.6 is 7.37 Å². The van der Waals surface area contributed by atoms with E-state index in [0.29, 0.717) is 16.3 Å². The summed E-state index contributed by atoms with van der Waals surface area (Å²) < 4.78 is 12.5. The van der Waals surface area contributed by atoms with Gasteiger partial charge >= 0.3 is 0 Å². The summed E-state index contributed by atoms with van der Waals surface area (Å²) in [6.07, 6.45) is 0. The van der Waals surface area contributed by atoms with E-state index in [1.54, 1.807) is 0 Å². The molecule has 0 saturated heterocycles. The molecule has 0 fully saturated rings. The Morgan fingerprint density at radius 1 is 0.833 bits per heavy atom. The molecule has 0 radical (unpaired) electrons. The molecule has 3 aromatic rings. The minimum atomic E-state index is -3.42. The Morgan fingerprint density at radius 2 is 1.33 bits per heavy atom. The molecule has 4 heteroatoms. The Balaban J connectivity index is 2.02. The standard InChI is InChI=1S/C20H18NO2P/c1-12-3-7-14(8-4-12)16-11-17(21)19-20(24(19,22)23)18(16)15-9-5-13(2)6-10-15/h3-11H,21H2,1-2H3,(H,22,23). The van der Waals surface area contributed by atoms with Crippen LogP contribution in [0.2, 0.25) is 0 Å². The number of rotatable bonds is 2. The fourth-order valence-electron chi connectivity index (χ4n) is 3.20. The lowest BCUT2D eigenvalue weighted by Crippen LogP contribution is -2.04. The largest absolute Gasteiger partial charge is 0.398 e. The van der Waals surface area contributed by atoms with Crippen LogP contribution in [-0.4, -0.2) is 4.89 Å². The first-order valence-electron chi connectivity index (χ1n) is 7.84. The molecule has 0 bridgehead atoms. The molecule has 4 rings (SSSR count). The predicted molar refractivity (Wildman–Crippen MR) is 100 cm³/mol. The monoisotopic (exact) mass is 335 g/mol. The molecule has 0 aliphatic carbocycles. The second-order valence-corrected chi connectivity index (χ2v) is 8.44. The van der Waals surface area contributed by atoms with Crippen LogP contribution in [0.15, 0.2) is 54.6 Å². The van der Waals surface area contributed by atoms with Gasteiger partial charge in [0.1, 0.15) is 0 Å². The van der Waals surface area contributed by atoms with Crippen LogP contribution < -0.4 is 16.3 Å². The van der Waals surface area contributed by atoms with E-state index in [2.05, 4.69) is 0 Å². The number of nitrogens with two attached hydrogens (primary N) is 1. The lowest BCUT2D eigenvalue weighted by molar-refractivity contribution is 0.508. The number of nitrogen functional groups attached to an aromatic ring is 1. The van der Waals surface area contributed by atoms with Crippen molar-refractivity contribution in [3.05, 3.63) is 65.7 Å². The van der Waals surface area contributed by atoms with Gasteiger partial charge in [0.15, 0.2) is 0 Å². The lowest BCUT2D eigenvalue weighted by Gasteiger charge is -2.11. The Labute approximate surface area is 141 Å². The highest BCUT2D eigenvalue weighted by Crippen LogP contribution is 2.57. The Kier molecular flexibility index (Phi) is 3.21. The maximum absolute atomic E-state index is 12.5. The van der Waals surface area contributed by atoms with E-state index < -0.39 is 7.37 Å². The van der Waals surface area contributed by atoms with E-state index >= 15 is 0 Å². The van der Waals surface area contributed by atoms with Crippen LogP contribution in [0.1, 0.15) is 11.1 Å². The zero-order chi connectivity index (χ0) is 17.1. The lowest BCUT2D eigenvalue weighted by atomic mass is 9.93. The molecule has 120 valence electrons. The van der Waals surface area contributed by atoms with Crippen molar-refractivity contribution in [3.8, 4) is 22.3 Å². The van der Waals surface area contributed by atoms with Gasteiger partial charge in [-0.2, -0.15) is 0 Å². The van der Waals surface area contributed by atoms with Crippen molar-refractivity contribution in [1.29, 1.82) is 0 Å². The minimum absolute atomic E-state index is 0.405. The van der Waals surface area contributed by atoms with Gasteiger partial charge in [0.05, 0.1) is 10.6 Å². The van der Waals surface area contributed by atoms with Gasteiger partial charge in [-0.05, 0) is 36.6 Å². The van der Waals surface area contributed by atoms with Crippen LogP contribution in [0, 0.1) is 13.8 Å². The van der Waals surface area contributed by atoms with Crippen molar-refractivity contribution in [2.45, 2.75) is 13.8 Å². The molecule has 1 aliphatic heterocycles. The fourth-order valence-corrected chi connectivity index (χ4v) is 5.11. The van der Waals surface area contributed by atoms with Gasteiger partial charge in [-0.3, -0.25) is 4.57 Å². The fraction of sp³-hybridized carbons (Fsp3) is 0.100. The van der Waals surface area contributed by atoms with E-state index in [1.807, 2.05) is 68.4 Å². The molecular formula is C20H18NO2P. The van der Waals surface area contributed by atoms with Crippen molar-refractivity contribution in [3.63, 3.8) is 0 Å². The second kappa shape index (κ2) is 5.07. The summed E-state index contributed by atoms with van der Waals surface area (Å²) in [6.45, 7) is 4.06. The molecule has 1 aliphatic rings. The number of benzene rings is 3. The van der Waals surface area contributed by atoms with Gasteiger partial charge < -0.3 is 10.6 Å². The van der Waals surface area contributed by atoms with Gasteiger partial charge in [-0.1, -0.05) is 59.7 Å². The zero-order valence-corrected chi connectivity index (χ0v) is 14.5. The van der Waals surface area contributed by atoms with Crippen molar-refractivity contribution in [2.24, 2.45) is 0 Å². The molecule has 3 aromatic carbocycles. The maximum atomic E-state index is 12.5. The number of aryl methyl sites for hydroxylation is 2. The van der Waals surface area contributed by atoms with E-state index in [-0.39, 0.29) is 0 Å². The third-order valence-corrected chi connectivity index (χ3v) is 6.48. The van der Waals surface area contributed by atoms with Crippen LogP contribution in [0.4, 0.5) is 5.69 Å². The van der Waals surface area contributed by atoms with Crippen molar-refractivity contribution >= 4 is 23.7 Å². The van der Waals surface area contributed by atoms with Gasteiger partial charge in [0.25, 0.3) is 7.37 Å². The third-order valence-electron chi connectivity index (χ3n) is 4.56. The van der Waals surface area contributed by atoms with Gasteiger partial charge in [0, 0.05) is 11.3 Å². The summed E-state index contributed by atoms with van der Waals surface area (Å²) >= 11 is 0. The molecule has 0 saturated carbocycles. The van der Waals surface area contributed by atoms with Crippen molar-refractivity contribution < 1.29 is 9.46 Å². The number of fused-ring (bicyclic) bond motifs is 1. The number of hydrogen-bond acceptors (Lipinski definition) is 2. The Hall–Kier alpha value is -2.35. The molecule has 1 heterocycles. The van der Waals surface area contributed by atoms with Crippen LogP contribution in [0.25, 0.3) is 22.3 Å². The first-order chi connectivity index (χ1) is 11.4. The van der Waals surface area contributed by atoms with Gasteiger partial charge in [-0.25, -0.2) is 0 Å². The Morgan fingerprint density at radius 3 is 1.88 bits per heavy atom. The Bertz CT molecular complexity index is 1010. The summed E-state index contributed by atoms with van der Waals surface area (Å²) in [5.41, 5.74) is 12.5. The third kappa shape index (κ3) is 2.21. The summed E-state index contributed by atoms with van der Waals surface area (Å²) in [5, 5.41) is 0.941. The average Bonchev–Trinajstić information content (AvgIpc) is 3.12. The molecule has 0 spiro atoms. The molecule has 3 nitrogen and oxygen atoms in total. The number of hydrogen-bond donors (Lipinski definition) is 2. The maximum Gasteiger partial charge on any atom is 0.263 e. The molecule has 1 atom stereocenters. The summed E-state index contributed by atoms with van der Waals surface area (Å²) in [5.74, 6) is 0. The van der Waals surface area contributed by atoms with Crippen molar-refractivity contribution in [1.82, 2.24) is 0 Å². The summed E-state index contributed by atoms with van der Waals surface area (Å²) in [4.78, 5) is 10.3. The highest BCUT2D eigenvalue weighted by Gasteiger charge is 2.50. The quantitative estimate of drug-likeness (QED) is 0.554. The molecule has 24 heavy (non-hydrogen) atoms. The number of anilines is 1. The van der Waals surface area contributed by atoms with Crippen LogP contribution in [0.3, 0.4) is 0 Å². The van der Waals surface area contributed by atoms with Gasteiger partial charge in [-0.15, -0.1) is 0 Å². The normalized spacial score (nSPS) is 18.3. The molecule has 0 aromatic heterocycles. The molecule has 0 amide bonds. The highest BCUT2D eigenvalue weighted by atomic mass is 31.2. The van der Waals surface area contributed by atoms with E-state index in [4.69, 9.17) is 5.73 Å². The predicted octanol–water partition coefficient (Wildman–Crippen LogP) is 3.75. The molecular weight excluding hydrogens is 317 g/mol. The van der Waals surface area contributed by atoms with Gasteiger partial charge in [0.2, 0.25) is 0 Å². The zero-order valence-electron chi connectivity index (χ0n) is 13.6. The smallest absolute Gasteiger partial charge is 0.263 e. The highest BCUT2D eigenvalue weighted by molar-refractivity contribution is 7.85. The van der Waals surface area contributed by atoms with Crippen molar-refractivity contribution in [2.75, 3.05) is 5.73 Å². The summed E-state index contributed by atoms with van der Waals surface area (Å²) in [7, 11) is -3.42.